The summed E-state index contributed by atoms with van der Waals surface area (Å²) in [7, 11) is 1.59. The van der Waals surface area contributed by atoms with Gasteiger partial charge in [0.15, 0.2) is 5.82 Å². The zero-order chi connectivity index (χ0) is 15.6. The van der Waals surface area contributed by atoms with Gasteiger partial charge in [0.2, 0.25) is 0 Å². The predicted molar refractivity (Wildman–Crippen MR) is 73.2 cm³/mol. The molecule has 0 bridgehead atoms. The summed E-state index contributed by atoms with van der Waals surface area (Å²) in [5.74, 6) is -0.0124. The summed E-state index contributed by atoms with van der Waals surface area (Å²) in [6.07, 6.45) is -4.55. The molecule has 1 heterocycles. The molecule has 0 unspecified atom stereocenters. The fraction of sp³-hybridized carbons (Fsp3) is 0.200. The molecular formula is C15H12F3N3. The van der Waals surface area contributed by atoms with E-state index < -0.39 is 11.9 Å². The van der Waals surface area contributed by atoms with Crippen molar-refractivity contribution in [1.82, 2.24) is 4.98 Å². The number of pyridine rings is 1. The Balaban J connectivity index is 2.57. The van der Waals surface area contributed by atoms with Gasteiger partial charge in [-0.2, -0.15) is 18.4 Å². The Hall–Kier alpha value is -2.55. The van der Waals surface area contributed by atoms with Gasteiger partial charge >= 0.3 is 6.18 Å². The van der Waals surface area contributed by atoms with Gasteiger partial charge in [0, 0.05) is 12.7 Å². The molecule has 6 heteroatoms. The molecule has 0 amide bonds. The Labute approximate surface area is 120 Å². The van der Waals surface area contributed by atoms with Crippen LogP contribution >= 0.6 is 0 Å². The zero-order valence-corrected chi connectivity index (χ0v) is 11.4. The summed E-state index contributed by atoms with van der Waals surface area (Å²) in [5.41, 5.74) is 0.648. The number of nitrogens with zero attached hydrogens (tertiary/aromatic N) is 3. The second-order valence-corrected chi connectivity index (χ2v) is 4.52. The average Bonchev–Trinajstić information content (AvgIpc) is 2.45. The molecule has 0 atom stereocenters. The van der Waals surface area contributed by atoms with Gasteiger partial charge in [0.05, 0.1) is 5.56 Å². The molecule has 0 saturated heterocycles. The van der Waals surface area contributed by atoms with E-state index in [1.807, 2.05) is 25.1 Å². The Morgan fingerprint density at radius 3 is 2.38 bits per heavy atom. The molecule has 2 aromatic rings. The minimum Gasteiger partial charge on any atom is -0.328 e. The van der Waals surface area contributed by atoms with Crippen molar-refractivity contribution in [2.24, 2.45) is 0 Å². The van der Waals surface area contributed by atoms with Crippen LogP contribution in [0.5, 0.6) is 0 Å². The number of alkyl halides is 3. The molecule has 21 heavy (non-hydrogen) atoms. The minimum atomic E-state index is -4.55. The molecule has 0 aliphatic carbocycles. The van der Waals surface area contributed by atoms with Crippen LogP contribution < -0.4 is 4.90 Å². The quantitative estimate of drug-likeness (QED) is 0.838. The van der Waals surface area contributed by atoms with Crippen LogP contribution in [0.1, 0.15) is 16.8 Å². The maximum absolute atomic E-state index is 12.8. The first kappa shape index (κ1) is 14.9. The fourth-order valence-corrected chi connectivity index (χ4v) is 2.00. The second-order valence-electron chi connectivity index (χ2n) is 4.52. The number of hydrogen-bond donors (Lipinski definition) is 0. The van der Waals surface area contributed by atoms with E-state index in [4.69, 9.17) is 5.26 Å². The summed E-state index contributed by atoms with van der Waals surface area (Å²) < 4.78 is 38.4. The topological polar surface area (TPSA) is 39.9 Å². The van der Waals surface area contributed by atoms with Crippen LogP contribution in [0.2, 0.25) is 0 Å². The number of nitriles is 1. The van der Waals surface area contributed by atoms with Crippen LogP contribution in [0.15, 0.2) is 36.4 Å². The summed E-state index contributed by atoms with van der Waals surface area (Å²) in [6, 6.07) is 11.0. The van der Waals surface area contributed by atoms with E-state index in [9.17, 15) is 13.2 Å². The van der Waals surface area contributed by atoms with E-state index in [1.165, 1.54) is 4.90 Å². The molecule has 0 aliphatic heterocycles. The lowest BCUT2D eigenvalue weighted by Gasteiger charge is -2.22. The van der Waals surface area contributed by atoms with Crippen LogP contribution in [0.4, 0.5) is 24.7 Å². The van der Waals surface area contributed by atoms with Crippen molar-refractivity contribution in [2.75, 3.05) is 11.9 Å². The van der Waals surface area contributed by atoms with Gasteiger partial charge in [-0.1, -0.05) is 18.2 Å². The Kier molecular flexibility index (Phi) is 3.85. The molecule has 1 aromatic carbocycles. The number of rotatable bonds is 2. The Morgan fingerprint density at radius 1 is 1.14 bits per heavy atom. The van der Waals surface area contributed by atoms with Crippen LogP contribution in [0.3, 0.4) is 0 Å². The van der Waals surface area contributed by atoms with Crippen LogP contribution in [0.25, 0.3) is 0 Å². The summed E-state index contributed by atoms with van der Waals surface area (Å²) in [6.45, 7) is 1.84. The summed E-state index contributed by atoms with van der Waals surface area (Å²) in [5, 5.41) is 9.08. The Bertz CT molecular complexity index is 702. The van der Waals surface area contributed by atoms with Crippen molar-refractivity contribution in [3.05, 3.63) is 53.2 Å². The number of aryl methyl sites for hydroxylation is 1. The first-order valence-electron chi connectivity index (χ1n) is 6.12. The lowest BCUT2D eigenvalue weighted by molar-refractivity contribution is -0.141. The predicted octanol–water partition coefficient (Wildman–Crippen LogP) is 4.05. The number of hydrogen-bond acceptors (Lipinski definition) is 3. The molecule has 0 aliphatic rings. The van der Waals surface area contributed by atoms with Gasteiger partial charge < -0.3 is 4.90 Å². The highest BCUT2D eigenvalue weighted by atomic mass is 19.4. The summed E-state index contributed by atoms with van der Waals surface area (Å²) >= 11 is 0. The van der Waals surface area contributed by atoms with Crippen molar-refractivity contribution < 1.29 is 13.2 Å². The number of halogens is 3. The first-order chi connectivity index (χ1) is 9.84. The van der Waals surface area contributed by atoms with Gasteiger partial charge in [0.25, 0.3) is 0 Å². The molecule has 0 radical (unpaired) electrons. The van der Waals surface area contributed by atoms with Gasteiger partial charge in [-0.25, -0.2) is 4.98 Å². The molecule has 0 saturated carbocycles. The van der Waals surface area contributed by atoms with Gasteiger partial charge in [-0.15, -0.1) is 0 Å². The number of para-hydroxylation sites is 1. The standard InChI is InChI=1S/C15H12F3N3/c1-10-5-3-4-6-12(10)21(2)14-11(9-19)7-8-13(20-14)15(16,17)18/h3-8H,1-2H3. The number of aromatic nitrogens is 1. The van der Waals surface area contributed by atoms with Crippen LogP contribution in [-0.2, 0) is 6.18 Å². The third-order valence-electron chi connectivity index (χ3n) is 3.08. The molecule has 0 N–H and O–H groups in total. The molecular weight excluding hydrogens is 279 g/mol. The smallest absolute Gasteiger partial charge is 0.328 e. The van der Waals surface area contributed by atoms with Gasteiger partial charge in [0.1, 0.15) is 11.8 Å². The lowest BCUT2D eigenvalue weighted by atomic mass is 10.1. The zero-order valence-electron chi connectivity index (χ0n) is 11.4. The molecule has 2 rings (SSSR count). The van der Waals surface area contributed by atoms with Crippen molar-refractivity contribution in [3.63, 3.8) is 0 Å². The number of benzene rings is 1. The van der Waals surface area contributed by atoms with E-state index in [2.05, 4.69) is 4.98 Å². The van der Waals surface area contributed by atoms with E-state index in [0.29, 0.717) is 5.69 Å². The maximum atomic E-state index is 12.8. The fourth-order valence-electron chi connectivity index (χ4n) is 2.00. The van der Waals surface area contributed by atoms with Crippen molar-refractivity contribution >= 4 is 11.5 Å². The van der Waals surface area contributed by atoms with Gasteiger partial charge in [-0.05, 0) is 30.7 Å². The minimum absolute atomic E-state index is 0.0124. The third-order valence-corrected chi connectivity index (χ3v) is 3.08. The second kappa shape index (κ2) is 5.44. The van der Waals surface area contributed by atoms with E-state index in [-0.39, 0.29) is 11.4 Å². The monoisotopic (exact) mass is 291 g/mol. The SMILES string of the molecule is Cc1ccccc1N(C)c1nc(C(F)(F)F)ccc1C#N. The molecule has 3 nitrogen and oxygen atoms in total. The average molecular weight is 291 g/mol. The van der Waals surface area contributed by atoms with Crippen LogP contribution in [-0.4, -0.2) is 12.0 Å². The van der Waals surface area contributed by atoms with E-state index in [0.717, 1.165) is 17.7 Å². The van der Waals surface area contributed by atoms with E-state index in [1.54, 1.807) is 19.2 Å². The largest absolute Gasteiger partial charge is 0.433 e. The van der Waals surface area contributed by atoms with E-state index >= 15 is 0 Å². The molecule has 0 fully saturated rings. The highest BCUT2D eigenvalue weighted by molar-refractivity contribution is 5.67. The van der Waals surface area contributed by atoms with Crippen molar-refractivity contribution in [3.8, 4) is 6.07 Å². The number of anilines is 2. The van der Waals surface area contributed by atoms with Gasteiger partial charge in [-0.3, -0.25) is 0 Å². The summed E-state index contributed by atoms with van der Waals surface area (Å²) in [4.78, 5) is 5.10. The Morgan fingerprint density at radius 2 is 1.81 bits per heavy atom. The highest BCUT2D eigenvalue weighted by Crippen LogP contribution is 2.33. The van der Waals surface area contributed by atoms with Crippen molar-refractivity contribution in [1.29, 1.82) is 5.26 Å². The van der Waals surface area contributed by atoms with Crippen molar-refractivity contribution in [2.45, 2.75) is 13.1 Å². The first-order valence-corrected chi connectivity index (χ1v) is 6.12. The van der Waals surface area contributed by atoms with Crippen LogP contribution in [0, 0.1) is 18.3 Å². The molecule has 1 aromatic heterocycles. The highest BCUT2D eigenvalue weighted by Gasteiger charge is 2.33. The normalized spacial score (nSPS) is 11.0. The third kappa shape index (κ3) is 2.97. The maximum Gasteiger partial charge on any atom is 0.433 e. The molecule has 0 spiro atoms. The lowest BCUT2D eigenvalue weighted by Crippen LogP contribution is -2.17. The molecule has 108 valence electrons.